The van der Waals surface area contributed by atoms with Gasteiger partial charge in [0, 0.05) is 41.3 Å². The first kappa shape index (κ1) is 21.3. The number of fused-ring (bicyclic) bond motifs is 1. The smallest absolute Gasteiger partial charge is 0.242 e. The van der Waals surface area contributed by atoms with Crippen molar-refractivity contribution in [3.05, 3.63) is 53.6 Å². The highest BCUT2D eigenvalue weighted by Crippen LogP contribution is 2.29. The van der Waals surface area contributed by atoms with E-state index in [2.05, 4.69) is 22.3 Å². The summed E-state index contributed by atoms with van der Waals surface area (Å²) in [7, 11) is 3.10. The Kier molecular flexibility index (Phi) is 6.26. The lowest BCUT2D eigenvalue weighted by molar-refractivity contribution is -0.117. The number of carbonyl (C=O) groups excluding carboxylic acids is 1. The summed E-state index contributed by atoms with van der Waals surface area (Å²) in [5.41, 5.74) is 3.82. The third kappa shape index (κ3) is 4.77. The second-order valence-electron chi connectivity index (χ2n) is 7.64. The molecule has 156 valence electrons. The van der Waals surface area contributed by atoms with Crippen molar-refractivity contribution in [2.45, 2.75) is 17.9 Å². The molecule has 0 fully saturated rings. The zero-order valence-corrected chi connectivity index (χ0v) is 18.2. The molecule has 0 spiro atoms. The summed E-state index contributed by atoms with van der Waals surface area (Å²) in [4.78, 5) is 16.8. The topological polar surface area (TPSA) is 73.0 Å². The molecule has 7 nitrogen and oxygen atoms in total. The Morgan fingerprint density at radius 1 is 1.07 bits per heavy atom. The first-order chi connectivity index (χ1) is 13.7. The predicted octanol–water partition coefficient (Wildman–Crippen LogP) is 2.00. The van der Waals surface area contributed by atoms with Gasteiger partial charge in [-0.1, -0.05) is 24.3 Å². The van der Waals surface area contributed by atoms with Crippen molar-refractivity contribution >= 4 is 27.3 Å². The van der Waals surface area contributed by atoms with Crippen LogP contribution in [0.2, 0.25) is 0 Å². The average Bonchev–Trinajstić information content (AvgIpc) is 2.67. The van der Waals surface area contributed by atoms with Crippen LogP contribution in [0.5, 0.6) is 0 Å². The Balaban J connectivity index is 1.77. The molecule has 1 heterocycles. The summed E-state index contributed by atoms with van der Waals surface area (Å²) >= 11 is 0. The van der Waals surface area contributed by atoms with Gasteiger partial charge in [-0.25, -0.2) is 12.7 Å². The number of rotatable bonds is 6. The molecule has 0 aromatic heterocycles. The van der Waals surface area contributed by atoms with E-state index >= 15 is 0 Å². The van der Waals surface area contributed by atoms with Crippen molar-refractivity contribution in [3.8, 4) is 0 Å². The number of anilines is 2. The van der Waals surface area contributed by atoms with Crippen LogP contribution in [0.3, 0.4) is 0 Å². The van der Waals surface area contributed by atoms with Crippen LogP contribution < -0.4 is 10.2 Å². The molecule has 1 N–H and O–H groups in total. The van der Waals surface area contributed by atoms with Crippen LogP contribution in [0.15, 0.2) is 47.4 Å². The van der Waals surface area contributed by atoms with Crippen molar-refractivity contribution < 1.29 is 13.2 Å². The van der Waals surface area contributed by atoms with Crippen molar-refractivity contribution in [1.29, 1.82) is 0 Å². The molecule has 8 heteroatoms. The summed E-state index contributed by atoms with van der Waals surface area (Å²) in [6.45, 7) is 1.81. The Hall–Kier alpha value is -2.42. The molecule has 0 aliphatic carbocycles. The molecule has 1 aliphatic heterocycles. The molecule has 0 saturated carbocycles. The molecular weight excluding hydrogens is 388 g/mol. The minimum atomic E-state index is -3.59. The largest absolute Gasteiger partial charge is 0.376 e. The molecule has 0 unspecified atom stereocenters. The van der Waals surface area contributed by atoms with Gasteiger partial charge >= 0.3 is 0 Å². The van der Waals surface area contributed by atoms with Gasteiger partial charge in [-0.05, 0) is 35.7 Å². The van der Waals surface area contributed by atoms with E-state index < -0.39 is 10.0 Å². The molecular formula is C21H28N4O3S. The Morgan fingerprint density at radius 3 is 2.41 bits per heavy atom. The number of benzene rings is 2. The van der Waals surface area contributed by atoms with Crippen molar-refractivity contribution in [3.63, 3.8) is 0 Å². The first-order valence-corrected chi connectivity index (χ1v) is 11.0. The van der Waals surface area contributed by atoms with E-state index in [0.717, 1.165) is 29.5 Å². The maximum atomic E-state index is 12.7. The SMILES string of the molecule is CN(C)c1ccc(S(=O)(=O)N(C)C)cc1NC(=O)CN1CCc2ccccc2C1. The van der Waals surface area contributed by atoms with Crippen LogP contribution >= 0.6 is 0 Å². The normalized spacial score (nSPS) is 14.5. The van der Waals surface area contributed by atoms with Crippen LogP contribution in [0.1, 0.15) is 11.1 Å². The summed E-state index contributed by atoms with van der Waals surface area (Å²) < 4.78 is 26.1. The second-order valence-corrected chi connectivity index (χ2v) is 9.79. The van der Waals surface area contributed by atoms with Crippen LogP contribution in [0.25, 0.3) is 0 Å². The van der Waals surface area contributed by atoms with Gasteiger partial charge in [0.05, 0.1) is 22.8 Å². The lowest BCUT2D eigenvalue weighted by Gasteiger charge is -2.28. The Morgan fingerprint density at radius 2 is 1.76 bits per heavy atom. The highest BCUT2D eigenvalue weighted by Gasteiger charge is 2.22. The van der Waals surface area contributed by atoms with Gasteiger partial charge in [0.25, 0.3) is 0 Å². The Bertz CT molecular complexity index is 1000. The molecule has 0 radical (unpaired) electrons. The van der Waals surface area contributed by atoms with E-state index in [1.807, 2.05) is 31.1 Å². The molecule has 2 aromatic rings. The van der Waals surface area contributed by atoms with E-state index in [1.165, 1.54) is 31.3 Å². The van der Waals surface area contributed by atoms with Gasteiger partial charge in [0.1, 0.15) is 0 Å². The van der Waals surface area contributed by atoms with Gasteiger partial charge in [0.15, 0.2) is 0 Å². The second kappa shape index (κ2) is 8.52. The summed E-state index contributed by atoms with van der Waals surface area (Å²) in [6, 6.07) is 13.1. The number of amides is 1. The molecule has 0 atom stereocenters. The minimum Gasteiger partial charge on any atom is -0.376 e. The molecule has 1 amide bonds. The average molecular weight is 417 g/mol. The van der Waals surface area contributed by atoms with Crippen LogP contribution in [0, 0.1) is 0 Å². The van der Waals surface area contributed by atoms with Crippen LogP contribution in [-0.4, -0.2) is 64.8 Å². The molecule has 1 aliphatic rings. The molecule has 2 aromatic carbocycles. The van der Waals surface area contributed by atoms with Gasteiger partial charge in [-0.2, -0.15) is 0 Å². The number of hydrogen-bond donors (Lipinski definition) is 1. The first-order valence-electron chi connectivity index (χ1n) is 9.51. The third-order valence-electron chi connectivity index (χ3n) is 5.08. The van der Waals surface area contributed by atoms with Crippen molar-refractivity contribution in [2.75, 3.05) is 51.5 Å². The highest BCUT2D eigenvalue weighted by molar-refractivity contribution is 7.89. The maximum Gasteiger partial charge on any atom is 0.242 e. The van der Waals surface area contributed by atoms with Gasteiger partial charge in [0.2, 0.25) is 15.9 Å². The summed E-state index contributed by atoms with van der Waals surface area (Å²) in [6.07, 6.45) is 0.920. The lowest BCUT2D eigenvalue weighted by atomic mass is 10.00. The predicted molar refractivity (Wildman–Crippen MR) is 116 cm³/mol. The number of sulfonamides is 1. The molecule has 3 rings (SSSR count). The zero-order valence-electron chi connectivity index (χ0n) is 17.3. The summed E-state index contributed by atoms with van der Waals surface area (Å²) in [5, 5.41) is 2.91. The van der Waals surface area contributed by atoms with E-state index in [9.17, 15) is 13.2 Å². The number of nitrogens with one attached hydrogen (secondary N) is 1. The standard InChI is InChI=1S/C21H28N4O3S/c1-23(2)20-10-9-18(29(27,28)24(3)4)13-19(20)22-21(26)15-25-12-11-16-7-5-6-8-17(16)14-25/h5-10,13H,11-12,14-15H2,1-4H3,(H,22,26). The van der Waals surface area contributed by atoms with E-state index in [4.69, 9.17) is 0 Å². The maximum absolute atomic E-state index is 12.7. The van der Waals surface area contributed by atoms with Crippen molar-refractivity contribution in [2.24, 2.45) is 0 Å². The van der Waals surface area contributed by atoms with Crippen LogP contribution in [0.4, 0.5) is 11.4 Å². The van der Waals surface area contributed by atoms with Gasteiger partial charge in [-0.15, -0.1) is 0 Å². The van der Waals surface area contributed by atoms with Crippen molar-refractivity contribution in [1.82, 2.24) is 9.21 Å². The fourth-order valence-electron chi connectivity index (χ4n) is 3.46. The van der Waals surface area contributed by atoms with Crippen LogP contribution in [-0.2, 0) is 27.8 Å². The quantitative estimate of drug-likeness (QED) is 0.780. The molecule has 0 saturated heterocycles. The number of nitrogens with zero attached hydrogens (tertiary/aromatic N) is 3. The van der Waals surface area contributed by atoms with E-state index in [0.29, 0.717) is 5.69 Å². The highest BCUT2D eigenvalue weighted by atomic mass is 32.2. The third-order valence-corrected chi connectivity index (χ3v) is 6.89. The minimum absolute atomic E-state index is 0.148. The fraction of sp³-hybridized carbons (Fsp3) is 0.381. The molecule has 0 bridgehead atoms. The van der Waals surface area contributed by atoms with E-state index in [-0.39, 0.29) is 17.3 Å². The number of carbonyl (C=O) groups is 1. The summed E-state index contributed by atoms with van der Waals surface area (Å²) in [5.74, 6) is -0.160. The van der Waals surface area contributed by atoms with Gasteiger partial charge in [-0.3, -0.25) is 9.69 Å². The molecule has 29 heavy (non-hydrogen) atoms. The zero-order chi connectivity index (χ0) is 21.2. The number of hydrogen-bond acceptors (Lipinski definition) is 5. The fourth-order valence-corrected chi connectivity index (χ4v) is 4.39. The van der Waals surface area contributed by atoms with E-state index in [1.54, 1.807) is 12.1 Å². The van der Waals surface area contributed by atoms with Gasteiger partial charge < -0.3 is 10.2 Å². The monoisotopic (exact) mass is 416 g/mol. The Labute approximate surface area is 173 Å². The lowest BCUT2D eigenvalue weighted by Crippen LogP contribution is -2.37.